The van der Waals surface area contributed by atoms with Gasteiger partial charge >= 0.3 is 5.97 Å². The van der Waals surface area contributed by atoms with Crippen molar-refractivity contribution in [2.45, 2.75) is 56.9 Å². The Morgan fingerprint density at radius 3 is 2.65 bits per heavy atom. The highest BCUT2D eigenvalue weighted by molar-refractivity contribution is 6.34. The van der Waals surface area contributed by atoms with Crippen LogP contribution >= 0.6 is 11.6 Å². The van der Waals surface area contributed by atoms with Gasteiger partial charge in [-0.3, -0.25) is 14.4 Å². The summed E-state index contributed by atoms with van der Waals surface area (Å²) in [6, 6.07) is 5.13. The number of carbonyl (C=O) groups is 3. The Kier molecular flexibility index (Phi) is 6.29. The Morgan fingerprint density at radius 2 is 2.09 bits per heavy atom. The van der Waals surface area contributed by atoms with Crippen LogP contribution in [0.25, 0.3) is 0 Å². The first-order chi connectivity index (χ1) is 16.1. The number of rotatable bonds is 8. The van der Waals surface area contributed by atoms with Gasteiger partial charge in [0.15, 0.2) is 0 Å². The third-order valence-electron chi connectivity index (χ3n) is 8.05. The topological polar surface area (TPSA) is 107 Å². The summed E-state index contributed by atoms with van der Waals surface area (Å²) in [5.41, 5.74) is -1.93. The number of hydrogen-bond acceptors (Lipinski definition) is 5. The summed E-state index contributed by atoms with van der Waals surface area (Å²) >= 11 is 6.43. The third kappa shape index (κ3) is 3.22. The van der Waals surface area contributed by atoms with Crippen LogP contribution in [0.1, 0.15) is 33.6 Å². The number of carboxylic acids is 1. The molecule has 1 spiro atoms. The lowest BCUT2D eigenvalue weighted by Crippen LogP contribution is -2.59. The predicted molar refractivity (Wildman–Crippen MR) is 126 cm³/mol. The van der Waals surface area contributed by atoms with Crippen LogP contribution in [0.15, 0.2) is 36.9 Å². The number of nitrogens with zero attached hydrogens (tertiary/aromatic N) is 2. The second-order valence-corrected chi connectivity index (χ2v) is 10.1. The molecule has 2 amide bonds. The van der Waals surface area contributed by atoms with Crippen LogP contribution in [-0.4, -0.2) is 69.3 Å². The van der Waals surface area contributed by atoms with E-state index in [4.69, 9.17) is 16.3 Å². The van der Waals surface area contributed by atoms with Gasteiger partial charge < -0.3 is 24.7 Å². The first-order valence-corrected chi connectivity index (χ1v) is 12.0. The van der Waals surface area contributed by atoms with Crippen LogP contribution in [0.5, 0.6) is 0 Å². The molecule has 184 valence electrons. The van der Waals surface area contributed by atoms with Gasteiger partial charge in [-0.05, 0) is 37.8 Å². The van der Waals surface area contributed by atoms with Crippen molar-refractivity contribution in [1.82, 2.24) is 4.90 Å². The zero-order chi connectivity index (χ0) is 25.0. The number of amides is 2. The Hall–Kier alpha value is -2.42. The Labute approximate surface area is 204 Å². The number of halogens is 1. The fraction of sp³-hybridized carbons (Fsp3) is 0.560. The van der Waals surface area contributed by atoms with E-state index >= 15 is 0 Å². The maximum Gasteiger partial charge on any atom is 0.310 e. The normalized spacial score (nSPS) is 34.7. The summed E-state index contributed by atoms with van der Waals surface area (Å²) in [6.45, 7) is 8.98. The summed E-state index contributed by atoms with van der Waals surface area (Å²) < 4.78 is 6.49. The maximum absolute atomic E-state index is 14.3. The summed E-state index contributed by atoms with van der Waals surface area (Å²) in [5.74, 6) is -4.30. The molecule has 3 aliphatic rings. The molecule has 2 bridgehead atoms. The molecule has 3 aliphatic heterocycles. The first-order valence-electron chi connectivity index (χ1n) is 11.6. The van der Waals surface area contributed by atoms with Crippen LogP contribution in [0, 0.1) is 17.8 Å². The van der Waals surface area contributed by atoms with Gasteiger partial charge in [0.1, 0.15) is 17.6 Å². The fourth-order valence-electron chi connectivity index (χ4n) is 6.39. The molecule has 3 fully saturated rings. The SMILES string of the molecule is C=CCN(C(=O)C1N([C@@H](CC)CO)C(=O)[C@@H]2[C@H](C(=O)O)[C@@]3(C)OC12CC3C)c1ccccc1Cl. The average Bonchev–Trinajstić information content (AvgIpc) is 3.30. The molecule has 9 heteroatoms. The molecule has 0 aromatic heterocycles. The molecule has 3 saturated heterocycles. The van der Waals surface area contributed by atoms with E-state index in [1.807, 2.05) is 13.8 Å². The molecule has 2 N–H and O–H groups in total. The van der Waals surface area contributed by atoms with Crippen molar-refractivity contribution in [3.63, 3.8) is 0 Å². The lowest BCUT2D eigenvalue weighted by molar-refractivity contribution is -0.157. The number of anilines is 1. The number of hydrogen-bond donors (Lipinski definition) is 2. The maximum atomic E-state index is 14.3. The van der Waals surface area contributed by atoms with Crippen molar-refractivity contribution in [2.75, 3.05) is 18.1 Å². The molecule has 4 rings (SSSR count). The van der Waals surface area contributed by atoms with Crippen molar-refractivity contribution >= 4 is 35.1 Å². The molecule has 3 unspecified atom stereocenters. The number of carbonyl (C=O) groups excluding carboxylic acids is 2. The second kappa shape index (κ2) is 8.66. The standard InChI is InChI=1S/C25H31ClN2O6/c1-5-11-27(17-10-8-7-9-16(17)26)22(31)20-25-12-14(3)24(4,34-25)19(23(32)33)18(25)21(30)28(20)15(6-2)13-29/h5,7-10,14-15,18-20,29H,1,6,11-13H2,2-4H3,(H,32,33)/t14?,15-,18-,19+,20?,24-,25?/m0/s1. The van der Waals surface area contributed by atoms with E-state index < -0.39 is 52.9 Å². The van der Waals surface area contributed by atoms with Crippen LogP contribution in [0.3, 0.4) is 0 Å². The molecule has 1 aromatic rings. The minimum absolute atomic E-state index is 0.132. The number of para-hydroxylation sites is 1. The van der Waals surface area contributed by atoms with Gasteiger partial charge in [-0.1, -0.05) is 43.7 Å². The molecular formula is C25H31ClN2O6. The summed E-state index contributed by atoms with van der Waals surface area (Å²) in [5, 5.41) is 20.6. The van der Waals surface area contributed by atoms with Gasteiger partial charge in [0.05, 0.1) is 34.9 Å². The number of aliphatic carboxylic acids is 1. The van der Waals surface area contributed by atoms with E-state index in [0.29, 0.717) is 23.6 Å². The fourth-order valence-corrected chi connectivity index (χ4v) is 6.63. The van der Waals surface area contributed by atoms with Crippen LogP contribution < -0.4 is 4.90 Å². The van der Waals surface area contributed by atoms with E-state index in [1.165, 1.54) is 9.80 Å². The van der Waals surface area contributed by atoms with Gasteiger partial charge in [0.25, 0.3) is 5.91 Å². The number of carboxylic acid groups (broad SMARTS) is 1. The highest BCUT2D eigenvalue weighted by atomic mass is 35.5. The summed E-state index contributed by atoms with van der Waals surface area (Å²) in [6.07, 6.45) is 2.33. The van der Waals surface area contributed by atoms with E-state index in [9.17, 15) is 24.6 Å². The highest BCUT2D eigenvalue weighted by Gasteiger charge is 2.80. The monoisotopic (exact) mass is 490 g/mol. The average molecular weight is 491 g/mol. The number of aliphatic hydroxyl groups is 1. The second-order valence-electron chi connectivity index (χ2n) is 9.72. The van der Waals surface area contributed by atoms with Crippen molar-refractivity contribution in [3.05, 3.63) is 41.9 Å². The van der Waals surface area contributed by atoms with Crippen molar-refractivity contribution in [3.8, 4) is 0 Å². The molecule has 3 heterocycles. The van der Waals surface area contributed by atoms with Gasteiger partial charge in [0.2, 0.25) is 5.91 Å². The van der Waals surface area contributed by atoms with E-state index in [0.717, 1.165) is 0 Å². The lowest BCUT2D eigenvalue weighted by Gasteiger charge is -2.39. The number of fused-ring (bicyclic) bond motifs is 1. The highest BCUT2D eigenvalue weighted by Crippen LogP contribution is 2.65. The first kappa shape index (κ1) is 24.7. The molecule has 0 saturated carbocycles. The predicted octanol–water partition coefficient (Wildman–Crippen LogP) is 2.73. The van der Waals surface area contributed by atoms with Gasteiger partial charge in [-0.25, -0.2) is 0 Å². The molecule has 8 nitrogen and oxygen atoms in total. The number of aliphatic hydroxyl groups excluding tert-OH is 1. The van der Waals surface area contributed by atoms with Crippen molar-refractivity contribution in [1.29, 1.82) is 0 Å². The lowest BCUT2D eigenvalue weighted by atomic mass is 9.62. The van der Waals surface area contributed by atoms with Gasteiger partial charge in [-0.2, -0.15) is 0 Å². The molecule has 1 aromatic carbocycles. The Bertz CT molecular complexity index is 1030. The molecule has 0 radical (unpaired) electrons. The Balaban J connectivity index is 1.90. The zero-order valence-corrected chi connectivity index (χ0v) is 20.4. The zero-order valence-electron chi connectivity index (χ0n) is 19.6. The Morgan fingerprint density at radius 1 is 1.41 bits per heavy atom. The quantitative estimate of drug-likeness (QED) is 0.542. The molecular weight excluding hydrogens is 460 g/mol. The number of likely N-dealkylation sites (tertiary alicyclic amines) is 1. The molecule has 7 atom stereocenters. The summed E-state index contributed by atoms with van der Waals surface area (Å²) in [7, 11) is 0. The summed E-state index contributed by atoms with van der Waals surface area (Å²) in [4.78, 5) is 43.4. The number of benzene rings is 1. The molecule has 0 aliphatic carbocycles. The van der Waals surface area contributed by atoms with Crippen LogP contribution in [0.4, 0.5) is 5.69 Å². The largest absolute Gasteiger partial charge is 0.481 e. The van der Waals surface area contributed by atoms with E-state index in [2.05, 4.69) is 6.58 Å². The third-order valence-corrected chi connectivity index (χ3v) is 8.37. The van der Waals surface area contributed by atoms with Crippen LogP contribution in [0.2, 0.25) is 5.02 Å². The van der Waals surface area contributed by atoms with Gasteiger partial charge in [0, 0.05) is 6.54 Å². The van der Waals surface area contributed by atoms with Crippen molar-refractivity contribution in [2.24, 2.45) is 17.8 Å². The number of ether oxygens (including phenoxy) is 1. The van der Waals surface area contributed by atoms with E-state index in [1.54, 1.807) is 37.3 Å². The van der Waals surface area contributed by atoms with E-state index in [-0.39, 0.29) is 19.1 Å². The smallest absolute Gasteiger partial charge is 0.310 e. The minimum atomic E-state index is -1.31. The van der Waals surface area contributed by atoms with Gasteiger partial charge in [-0.15, -0.1) is 6.58 Å². The minimum Gasteiger partial charge on any atom is -0.481 e. The van der Waals surface area contributed by atoms with Crippen molar-refractivity contribution < 1.29 is 29.3 Å². The molecule has 34 heavy (non-hydrogen) atoms. The van der Waals surface area contributed by atoms with Crippen LogP contribution in [-0.2, 0) is 19.1 Å².